The fourth-order valence-corrected chi connectivity index (χ4v) is 4.06. The Balaban J connectivity index is 1.50. The van der Waals surface area contributed by atoms with E-state index in [1.54, 1.807) is 13.2 Å². The van der Waals surface area contributed by atoms with Crippen LogP contribution in [0.15, 0.2) is 59.0 Å². The zero-order valence-electron chi connectivity index (χ0n) is 16.2. The second-order valence-electron chi connectivity index (χ2n) is 7.40. The number of carbonyl (C=O) groups excluding carboxylic acids is 1. The Morgan fingerprint density at radius 1 is 1.11 bits per heavy atom. The molecule has 1 fully saturated rings. The first kappa shape index (κ1) is 18.6. The van der Waals surface area contributed by atoms with E-state index in [9.17, 15) is 4.79 Å². The molecular weight excluding hydrogens is 352 g/mol. The van der Waals surface area contributed by atoms with E-state index in [1.165, 1.54) is 29.7 Å². The van der Waals surface area contributed by atoms with Gasteiger partial charge < -0.3 is 19.4 Å². The Morgan fingerprint density at radius 3 is 2.57 bits per heavy atom. The predicted octanol–water partition coefficient (Wildman–Crippen LogP) is 2.98. The SMILES string of the molecule is COc1ccc([C@@H](CNC(=O)c2cc3ccccc3o2)[NH+]2CCCCC2)cc1. The molecule has 0 spiro atoms. The van der Waals surface area contributed by atoms with Gasteiger partial charge in [-0.25, -0.2) is 0 Å². The average Bonchev–Trinajstić information content (AvgIpc) is 3.19. The monoisotopic (exact) mass is 379 g/mol. The molecule has 1 aliphatic rings. The van der Waals surface area contributed by atoms with Crippen LogP contribution in [0.1, 0.15) is 41.4 Å². The number of fused-ring (bicyclic) bond motifs is 1. The number of methoxy groups -OCH3 is 1. The molecule has 2 N–H and O–H groups in total. The first-order valence-corrected chi connectivity index (χ1v) is 10.00. The molecule has 1 aliphatic heterocycles. The normalized spacial score (nSPS) is 16.0. The number of nitrogens with one attached hydrogen (secondary N) is 2. The number of hydrogen-bond donors (Lipinski definition) is 2. The van der Waals surface area contributed by atoms with Gasteiger partial charge in [-0.3, -0.25) is 4.79 Å². The van der Waals surface area contributed by atoms with E-state index in [0.29, 0.717) is 12.3 Å². The summed E-state index contributed by atoms with van der Waals surface area (Å²) < 4.78 is 11.0. The van der Waals surface area contributed by atoms with Gasteiger partial charge in [0.05, 0.1) is 26.7 Å². The van der Waals surface area contributed by atoms with Crippen molar-refractivity contribution in [1.29, 1.82) is 0 Å². The second kappa shape index (κ2) is 8.48. The van der Waals surface area contributed by atoms with Crippen molar-refractivity contribution in [3.63, 3.8) is 0 Å². The molecule has 0 aliphatic carbocycles. The van der Waals surface area contributed by atoms with E-state index in [-0.39, 0.29) is 11.9 Å². The van der Waals surface area contributed by atoms with Crippen LogP contribution in [0, 0.1) is 0 Å². The van der Waals surface area contributed by atoms with Gasteiger partial charge in [-0.05, 0) is 55.7 Å². The van der Waals surface area contributed by atoms with Crippen LogP contribution in [0.3, 0.4) is 0 Å². The van der Waals surface area contributed by atoms with Gasteiger partial charge in [0.1, 0.15) is 17.4 Å². The number of para-hydroxylation sites is 1. The van der Waals surface area contributed by atoms with Gasteiger partial charge in [0.2, 0.25) is 0 Å². The third-order valence-electron chi connectivity index (χ3n) is 5.62. The van der Waals surface area contributed by atoms with E-state index in [1.807, 2.05) is 36.4 Å². The lowest BCUT2D eigenvalue weighted by Crippen LogP contribution is -3.13. The van der Waals surface area contributed by atoms with Gasteiger partial charge in [-0.2, -0.15) is 0 Å². The minimum absolute atomic E-state index is 0.161. The number of amides is 1. The van der Waals surface area contributed by atoms with E-state index in [4.69, 9.17) is 9.15 Å². The Bertz CT molecular complexity index is 893. The summed E-state index contributed by atoms with van der Waals surface area (Å²) in [6.45, 7) is 2.85. The second-order valence-corrected chi connectivity index (χ2v) is 7.40. The first-order valence-electron chi connectivity index (χ1n) is 10.00. The highest BCUT2D eigenvalue weighted by Crippen LogP contribution is 2.19. The highest BCUT2D eigenvalue weighted by atomic mass is 16.5. The maximum atomic E-state index is 12.7. The smallest absolute Gasteiger partial charge is 0.287 e. The van der Waals surface area contributed by atoms with Crippen molar-refractivity contribution in [2.24, 2.45) is 0 Å². The lowest BCUT2D eigenvalue weighted by atomic mass is 10.0. The summed E-state index contributed by atoms with van der Waals surface area (Å²) in [5.74, 6) is 1.05. The van der Waals surface area contributed by atoms with Crippen LogP contribution in [-0.2, 0) is 0 Å². The fourth-order valence-electron chi connectivity index (χ4n) is 4.06. The van der Waals surface area contributed by atoms with Crippen molar-refractivity contribution < 1.29 is 18.8 Å². The van der Waals surface area contributed by atoms with Gasteiger partial charge in [0, 0.05) is 10.9 Å². The van der Waals surface area contributed by atoms with E-state index < -0.39 is 0 Å². The molecule has 5 nitrogen and oxygen atoms in total. The van der Waals surface area contributed by atoms with Gasteiger partial charge >= 0.3 is 0 Å². The maximum Gasteiger partial charge on any atom is 0.287 e. The summed E-state index contributed by atoms with van der Waals surface area (Å²) in [6, 6.07) is 17.9. The van der Waals surface area contributed by atoms with Crippen molar-refractivity contribution in [3.8, 4) is 5.75 Å². The Morgan fingerprint density at radius 2 is 1.86 bits per heavy atom. The number of carbonyl (C=O) groups is 1. The van der Waals surface area contributed by atoms with E-state index in [2.05, 4.69) is 17.4 Å². The van der Waals surface area contributed by atoms with Gasteiger partial charge in [-0.15, -0.1) is 0 Å². The van der Waals surface area contributed by atoms with Gasteiger partial charge in [-0.1, -0.05) is 18.2 Å². The zero-order chi connectivity index (χ0) is 19.3. The van der Waals surface area contributed by atoms with Crippen LogP contribution in [0.25, 0.3) is 11.0 Å². The third kappa shape index (κ3) is 4.04. The summed E-state index contributed by atoms with van der Waals surface area (Å²) in [6.07, 6.45) is 3.77. The lowest BCUT2D eigenvalue weighted by molar-refractivity contribution is -0.935. The summed E-state index contributed by atoms with van der Waals surface area (Å²) in [7, 11) is 1.68. The van der Waals surface area contributed by atoms with Crippen molar-refractivity contribution in [1.82, 2.24) is 5.32 Å². The summed E-state index contributed by atoms with van der Waals surface area (Å²) >= 11 is 0. The van der Waals surface area contributed by atoms with Crippen LogP contribution in [-0.4, -0.2) is 32.7 Å². The topological polar surface area (TPSA) is 55.9 Å². The number of hydrogen-bond acceptors (Lipinski definition) is 3. The van der Waals surface area contributed by atoms with Crippen LogP contribution in [0.2, 0.25) is 0 Å². The molecule has 1 amide bonds. The Hall–Kier alpha value is -2.79. The van der Waals surface area contributed by atoms with E-state index in [0.717, 1.165) is 29.8 Å². The summed E-state index contributed by atoms with van der Waals surface area (Å²) in [4.78, 5) is 14.2. The molecule has 4 rings (SSSR count). The van der Waals surface area contributed by atoms with E-state index >= 15 is 0 Å². The number of benzene rings is 2. The first-order chi connectivity index (χ1) is 13.7. The zero-order valence-corrected chi connectivity index (χ0v) is 16.2. The number of rotatable bonds is 6. The molecule has 146 valence electrons. The predicted molar refractivity (Wildman–Crippen MR) is 109 cm³/mol. The van der Waals surface area contributed by atoms with Crippen molar-refractivity contribution in [2.45, 2.75) is 25.3 Å². The molecular formula is C23H27N2O3+. The highest BCUT2D eigenvalue weighted by Gasteiger charge is 2.27. The molecule has 0 radical (unpaired) electrons. The lowest BCUT2D eigenvalue weighted by Gasteiger charge is -2.32. The number of quaternary nitrogens is 1. The molecule has 1 aromatic heterocycles. The fraction of sp³-hybridized carbons (Fsp3) is 0.348. The standard InChI is InChI=1S/C23H26N2O3/c1-27-19-11-9-17(10-12-19)20(25-13-5-2-6-14-25)16-24-23(26)22-15-18-7-3-4-8-21(18)28-22/h3-4,7-12,15,20H,2,5-6,13-14,16H2,1H3,(H,24,26)/p+1/t20-/m1/s1. The molecule has 5 heteroatoms. The van der Waals surface area contributed by atoms with Gasteiger partial charge in [0.25, 0.3) is 5.91 Å². The molecule has 2 heterocycles. The van der Waals surface area contributed by atoms with Crippen LogP contribution in [0.5, 0.6) is 5.75 Å². The molecule has 1 saturated heterocycles. The molecule has 0 bridgehead atoms. The number of ether oxygens (including phenoxy) is 1. The Kier molecular flexibility index (Phi) is 5.63. The van der Waals surface area contributed by atoms with Crippen molar-refractivity contribution >= 4 is 16.9 Å². The molecule has 3 aromatic rings. The summed E-state index contributed by atoms with van der Waals surface area (Å²) in [5.41, 5.74) is 1.96. The molecule has 1 atom stereocenters. The van der Waals surface area contributed by atoms with Crippen LogP contribution in [0.4, 0.5) is 0 Å². The van der Waals surface area contributed by atoms with Gasteiger partial charge in [0.15, 0.2) is 5.76 Å². The highest BCUT2D eigenvalue weighted by molar-refractivity contribution is 5.96. The minimum atomic E-state index is -0.161. The van der Waals surface area contributed by atoms with Crippen molar-refractivity contribution in [3.05, 3.63) is 65.9 Å². The average molecular weight is 379 g/mol. The number of furan rings is 1. The summed E-state index contributed by atoms with van der Waals surface area (Å²) in [5, 5.41) is 4.05. The molecule has 2 aromatic carbocycles. The number of likely N-dealkylation sites (tertiary alicyclic amines) is 1. The minimum Gasteiger partial charge on any atom is -0.497 e. The molecule has 28 heavy (non-hydrogen) atoms. The van der Waals surface area contributed by atoms with Crippen LogP contribution < -0.4 is 15.0 Å². The largest absolute Gasteiger partial charge is 0.497 e. The quantitative estimate of drug-likeness (QED) is 0.692. The molecule has 0 saturated carbocycles. The van der Waals surface area contributed by atoms with Crippen molar-refractivity contribution in [2.75, 3.05) is 26.7 Å². The maximum absolute atomic E-state index is 12.7. The van der Waals surface area contributed by atoms with Crippen LogP contribution >= 0.6 is 0 Å². The number of piperidine rings is 1. The third-order valence-corrected chi connectivity index (χ3v) is 5.62. The Labute approximate surface area is 165 Å². The molecule has 0 unspecified atom stereocenters.